The predicted molar refractivity (Wildman–Crippen MR) is 57.8 cm³/mol. The molecule has 0 radical (unpaired) electrons. The lowest BCUT2D eigenvalue weighted by atomic mass is 10.1. The fourth-order valence-corrected chi connectivity index (χ4v) is 1.36. The van der Waals surface area contributed by atoms with E-state index in [0.29, 0.717) is 6.42 Å². The summed E-state index contributed by atoms with van der Waals surface area (Å²) in [4.78, 5) is 13.7. The summed E-state index contributed by atoms with van der Waals surface area (Å²) in [7, 11) is 0. The van der Waals surface area contributed by atoms with Gasteiger partial charge in [-0.3, -0.25) is 4.79 Å². The van der Waals surface area contributed by atoms with Gasteiger partial charge in [0, 0.05) is 4.90 Å². The number of carbonyl (C=O) groups is 1. The Morgan fingerprint density at radius 1 is 1.50 bits per heavy atom. The molecule has 0 aromatic heterocycles. The Morgan fingerprint density at radius 3 is 2.50 bits per heavy atom. The van der Waals surface area contributed by atoms with E-state index in [1.54, 1.807) is 0 Å². The summed E-state index contributed by atoms with van der Waals surface area (Å²) in [6.45, 7) is 0. The van der Waals surface area contributed by atoms with Gasteiger partial charge in [-0.15, -0.1) is 12.6 Å². The summed E-state index contributed by atoms with van der Waals surface area (Å²) in [5.74, 6) is -0.963. The first kappa shape index (κ1) is 11.4. The molecule has 5 heteroatoms. The molecular weight excluding hydrogens is 222 g/mol. The standard InChI is InChI=1S/C9H10ClNO2S/c10-11-8(9(12)13)5-6-1-3-7(14)4-2-6/h1-4,8,11,14H,5H2,(H,12,13). The van der Waals surface area contributed by atoms with Crippen molar-refractivity contribution in [1.82, 2.24) is 4.84 Å². The number of aliphatic carboxylic acids is 1. The van der Waals surface area contributed by atoms with Crippen molar-refractivity contribution in [2.24, 2.45) is 0 Å². The summed E-state index contributed by atoms with van der Waals surface area (Å²) in [5.41, 5.74) is 0.906. The highest BCUT2D eigenvalue weighted by molar-refractivity contribution is 7.80. The minimum atomic E-state index is -0.963. The Labute approximate surface area is 92.6 Å². The van der Waals surface area contributed by atoms with Crippen molar-refractivity contribution in [2.75, 3.05) is 0 Å². The van der Waals surface area contributed by atoms with E-state index in [9.17, 15) is 4.79 Å². The molecule has 3 nitrogen and oxygen atoms in total. The van der Waals surface area contributed by atoms with Crippen molar-refractivity contribution in [2.45, 2.75) is 17.4 Å². The van der Waals surface area contributed by atoms with Crippen molar-refractivity contribution in [3.63, 3.8) is 0 Å². The van der Waals surface area contributed by atoms with E-state index in [2.05, 4.69) is 17.5 Å². The largest absolute Gasteiger partial charge is 0.480 e. The molecule has 14 heavy (non-hydrogen) atoms. The van der Waals surface area contributed by atoms with Crippen LogP contribution in [0.4, 0.5) is 0 Å². The Bertz CT molecular complexity index is 315. The molecule has 0 bridgehead atoms. The third-order valence-corrected chi connectivity index (χ3v) is 2.37. The quantitative estimate of drug-likeness (QED) is 0.546. The number of nitrogens with one attached hydrogen (secondary N) is 1. The first-order valence-corrected chi connectivity index (χ1v) is 4.83. The average Bonchev–Trinajstić information content (AvgIpc) is 2.16. The average molecular weight is 232 g/mol. The lowest BCUT2D eigenvalue weighted by molar-refractivity contribution is -0.138. The molecule has 0 amide bonds. The zero-order valence-electron chi connectivity index (χ0n) is 7.27. The zero-order chi connectivity index (χ0) is 10.6. The van der Waals surface area contributed by atoms with Crippen molar-refractivity contribution >= 4 is 30.4 Å². The summed E-state index contributed by atoms with van der Waals surface area (Å²) >= 11 is 9.43. The van der Waals surface area contributed by atoms with Gasteiger partial charge in [-0.25, -0.2) is 4.84 Å². The fraction of sp³-hybridized carbons (Fsp3) is 0.222. The lowest BCUT2D eigenvalue weighted by Crippen LogP contribution is -2.32. The molecule has 0 saturated heterocycles. The fourth-order valence-electron chi connectivity index (χ4n) is 1.04. The van der Waals surface area contributed by atoms with Gasteiger partial charge >= 0.3 is 5.97 Å². The van der Waals surface area contributed by atoms with Gasteiger partial charge < -0.3 is 5.11 Å². The molecule has 0 aliphatic heterocycles. The van der Waals surface area contributed by atoms with Gasteiger partial charge in [0.05, 0.1) is 0 Å². The van der Waals surface area contributed by atoms with Crippen LogP contribution in [0.5, 0.6) is 0 Å². The van der Waals surface area contributed by atoms with Gasteiger partial charge in [0.2, 0.25) is 0 Å². The van der Waals surface area contributed by atoms with E-state index >= 15 is 0 Å². The van der Waals surface area contributed by atoms with E-state index < -0.39 is 12.0 Å². The molecule has 1 atom stereocenters. The summed E-state index contributed by atoms with van der Waals surface area (Å²) in [5, 5.41) is 8.73. The van der Waals surface area contributed by atoms with Crippen LogP contribution in [0.3, 0.4) is 0 Å². The van der Waals surface area contributed by atoms with Crippen LogP contribution in [-0.4, -0.2) is 17.1 Å². The highest BCUT2D eigenvalue weighted by Gasteiger charge is 2.15. The van der Waals surface area contributed by atoms with Gasteiger partial charge in [0.25, 0.3) is 0 Å². The first-order chi connectivity index (χ1) is 6.63. The smallest absolute Gasteiger partial charge is 0.322 e. The molecule has 76 valence electrons. The van der Waals surface area contributed by atoms with Crippen molar-refractivity contribution in [1.29, 1.82) is 0 Å². The van der Waals surface area contributed by atoms with E-state index in [1.165, 1.54) is 0 Å². The zero-order valence-corrected chi connectivity index (χ0v) is 8.92. The second-order valence-electron chi connectivity index (χ2n) is 2.87. The predicted octanol–water partition coefficient (Wildman–Crippen LogP) is 1.71. The molecule has 1 aromatic rings. The third kappa shape index (κ3) is 3.21. The maximum absolute atomic E-state index is 10.6. The molecule has 1 rings (SSSR count). The molecule has 0 fully saturated rings. The molecule has 1 aromatic carbocycles. The summed E-state index contributed by atoms with van der Waals surface area (Å²) in [6.07, 6.45) is 0.354. The second kappa shape index (κ2) is 5.24. The minimum Gasteiger partial charge on any atom is -0.480 e. The Balaban J connectivity index is 2.67. The number of hydrogen-bond donors (Lipinski definition) is 3. The molecule has 0 aliphatic rings. The van der Waals surface area contributed by atoms with Crippen LogP contribution in [0.15, 0.2) is 29.2 Å². The van der Waals surface area contributed by atoms with Gasteiger partial charge in [-0.2, -0.15) is 0 Å². The minimum absolute atomic E-state index is 0.354. The number of halogens is 1. The topological polar surface area (TPSA) is 49.3 Å². The molecule has 0 spiro atoms. The van der Waals surface area contributed by atoms with Crippen LogP contribution in [0.1, 0.15) is 5.56 Å². The monoisotopic (exact) mass is 231 g/mol. The van der Waals surface area contributed by atoms with Crippen molar-refractivity contribution in [3.8, 4) is 0 Å². The van der Waals surface area contributed by atoms with E-state index in [0.717, 1.165) is 10.5 Å². The van der Waals surface area contributed by atoms with Gasteiger partial charge in [0.15, 0.2) is 0 Å². The first-order valence-electron chi connectivity index (χ1n) is 4.00. The highest BCUT2D eigenvalue weighted by atomic mass is 35.5. The molecule has 0 heterocycles. The Morgan fingerprint density at radius 2 is 2.07 bits per heavy atom. The van der Waals surface area contributed by atoms with Crippen LogP contribution in [0, 0.1) is 0 Å². The van der Waals surface area contributed by atoms with Crippen LogP contribution < -0.4 is 4.84 Å². The normalized spacial score (nSPS) is 12.4. The maximum Gasteiger partial charge on any atom is 0.322 e. The van der Waals surface area contributed by atoms with E-state index in [4.69, 9.17) is 16.9 Å². The van der Waals surface area contributed by atoms with Gasteiger partial charge in [-0.1, -0.05) is 12.1 Å². The maximum atomic E-state index is 10.6. The highest BCUT2D eigenvalue weighted by Crippen LogP contribution is 2.09. The molecule has 1 unspecified atom stereocenters. The van der Waals surface area contributed by atoms with Crippen molar-refractivity contribution in [3.05, 3.63) is 29.8 Å². The van der Waals surface area contributed by atoms with Crippen LogP contribution in [0.25, 0.3) is 0 Å². The SMILES string of the molecule is O=C(O)C(Cc1ccc(S)cc1)NCl. The van der Waals surface area contributed by atoms with Crippen LogP contribution in [-0.2, 0) is 11.2 Å². The Kier molecular flexibility index (Phi) is 4.25. The number of hydrogen-bond acceptors (Lipinski definition) is 3. The molecule has 0 aliphatic carbocycles. The van der Waals surface area contributed by atoms with Crippen molar-refractivity contribution < 1.29 is 9.90 Å². The summed E-state index contributed by atoms with van der Waals surface area (Å²) < 4.78 is 0. The lowest BCUT2D eigenvalue weighted by Gasteiger charge is -2.09. The van der Waals surface area contributed by atoms with Gasteiger partial charge in [-0.05, 0) is 35.9 Å². The van der Waals surface area contributed by atoms with E-state index in [1.807, 2.05) is 24.3 Å². The van der Waals surface area contributed by atoms with E-state index in [-0.39, 0.29) is 0 Å². The number of rotatable bonds is 4. The summed E-state index contributed by atoms with van der Waals surface area (Å²) in [6, 6.07) is 6.51. The Hall–Kier alpha value is -0.710. The second-order valence-corrected chi connectivity index (χ2v) is 3.61. The molecule has 0 saturated carbocycles. The van der Waals surface area contributed by atoms with Crippen LogP contribution >= 0.6 is 24.4 Å². The van der Waals surface area contributed by atoms with Crippen LogP contribution in [0.2, 0.25) is 0 Å². The molecular formula is C9H10ClNO2S. The number of benzene rings is 1. The van der Waals surface area contributed by atoms with Gasteiger partial charge in [0.1, 0.15) is 6.04 Å². The molecule has 2 N–H and O–H groups in total. The number of carboxylic acid groups (broad SMARTS) is 1. The number of thiol groups is 1. The third-order valence-electron chi connectivity index (χ3n) is 1.81. The number of carboxylic acids is 1.